The zero-order chi connectivity index (χ0) is 24.2. The Morgan fingerprint density at radius 1 is 1.36 bits per heavy atom. The zero-order valence-electron chi connectivity index (χ0n) is 18.5. The van der Waals surface area contributed by atoms with Crippen molar-refractivity contribution in [2.75, 3.05) is 24.7 Å². The number of halogens is 1. The molecule has 1 aromatic carbocycles. The number of nitriles is 1. The molecule has 4 amide bonds. The number of piperazine rings is 1. The maximum Gasteiger partial charge on any atom is 0.433 e. The predicted octanol–water partition coefficient (Wildman–Crippen LogP) is 1.44. The van der Waals surface area contributed by atoms with Crippen LogP contribution in [0, 0.1) is 24.2 Å². The molecule has 1 aromatic rings. The first-order valence-corrected chi connectivity index (χ1v) is 11.2. The van der Waals surface area contributed by atoms with Crippen molar-refractivity contribution in [3.63, 3.8) is 0 Å². The molecule has 33 heavy (non-hydrogen) atoms. The number of nitrogens with one attached hydrogen (secondary N) is 1. The van der Waals surface area contributed by atoms with Crippen LogP contribution in [0.4, 0.5) is 10.5 Å². The largest absolute Gasteiger partial charge is 0.480 e. The van der Waals surface area contributed by atoms with Gasteiger partial charge in [-0.15, -0.1) is 0 Å². The summed E-state index contributed by atoms with van der Waals surface area (Å²) >= 11 is 6.27. The van der Waals surface area contributed by atoms with Gasteiger partial charge in [0, 0.05) is 0 Å². The van der Waals surface area contributed by atoms with Gasteiger partial charge in [0.15, 0.2) is 12.1 Å². The lowest BCUT2D eigenvalue weighted by atomic mass is 9.98. The molecular formula is C22H25ClN5O5+. The second-order valence-corrected chi connectivity index (χ2v) is 9.37. The van der Waals surface area contributed by atoms with Gasteiger partial charge in [0.2, 0.25) is 0 Å². The summed E-state index contributed by atoms with van der Waals surface area (Å²) in [6.07, 6.45) is 0.556. The molecule has 0 aromatic heterocycles. The Kier molecular flexibility index (Phi) is 5.68. The standard InChI is InChI=1S/C22H24ClN5O5/c1-4-11(2)18(21(31)32)25-19(29)15-8-26-9-16-20(30)27(22(33)28(15,16)10-26)14-6-5-13(7-24)17(23)12(14)3/h5-6,11,15-16,18H,4,8-10H2,1-3H3,(H-,25,29,31,32)/p+1/t11-,15?,16?,18-,28?/m0/s1. The molecule has 3 fully saturated rings. The Balaban J connectivity index is 1.69. The number of fused-ring (bicyclic) bond motifs is 1. The first kappa shape index (κ1) is 23.2. The lowest BCUT2D eigenvalue weighted by Gasteiger charge is -2.33. The Morgan fingerprint density at radius 2 is 2.06 bits per heavy atom. The maximum absolute atomic E-state index is 13.8. The number of carboxylic acid groups (broad SMARTS) is 1. The number of amides is 4. The fraction of sp³-hybridized carbons (Fsp3) is 0.500. The van der Waals surface area contributed by atoms with Gasteiger partial charge in [0.05, 0.1) is 29.4 Å². The van der Waals surface area contributed by atoms with E-state index in [0.717, 1.165) is 4.90 Å². The van der Waals surface area contributed by atoms with E-state index >= 15 is 0 Å². The molecule has 1 spiro atoms. The number of benzene rings is 1. The summed E-state index contributed by atoms with van der Waals surface area (Å²) in [5.41, 5.74) is 0.951. The lowest BCUT2D eigenvalue weighted by Crippen LogP contribution is -2.65. The first-order chi connectivity index (χ1) is 15.6. The smallest absolute Gasteiger partial charge is 0.433 e. The number of aliphatic carboxylic acids is 1. The Bertz CT molecular complexity index is 1120. The van der Waals surface area contributed by atoms with E-state index in [9.17, 15) is 29.5 Å². The molecule has 3 aliphatic rings. The van der Waals surface area contributed by atoms with Crippen LogP contribution in [0.2, 0.25) is 5.02 Å². The summed E-state index contributed by atoms with van der Waals surface area (Å²) in [7, 11) is 0. The molecule has 3 saturated heterocycles. The Hall–Kier alpha value is -3.00. The SMILES string of the molecule is CC[C@H](C)[C@H](NC(=O)C1CN2CC3C(=O)N(c4ccc(C#N)c(Cl)c4C)C(=O)[N+]13C2)C(=O)O. The van der Waals surface area contributed by atoms with Crippen LogP contribution < -0.4 is 10.2 Å². The number of hydrogen-bond acceptors (Lipinski definition) is 6. The molecule has 174 valence electrons. The van der Waals surface area contributed by atoms with E-state index in [-0.39, 0.29) is 39.9 Å². The predicted molar refractivity (Wildman–Crippen MR) is 117 cm³/mol. The van der Waals surface area contributed by atoms with Crippen molar-refractivity contribution >= 4 is 41.1 Å². The fourth-order valence-electron chi connectivity index (χ4n) is 5.20. The maximum atomic E-state index is 13.8. The number of imide groups is 1. The quantitative estimate of drug-likeness (QED) is 0.471. The average Bonchev–Trinajstić information content (AvgIpc) is 3.42. The van der Waals surface area contributed by atoms with Crippen molar-refractivity contribution in [1.82, 2.24) is 10.2 Å². The van der Waals surface area contributed by atoms with Gasteiger partial charge in [-0.3, -0.25) is 9.59 Å². The van der Waals surface area contributed by atoms with Gasteiger partial charge in [-0.05, 0) is 30.5 Å². The van der Waals surface area contributed by atoms with Gasteiger partial charge in [-0.25, -0.2) is 19.0 Å². The van der Waals surface area contributed by atoms with E-state index < -0.39 is 41.9 Å². The van der Waals surface area contributed by atoms with Gasteiger partial charge in [-0.2, -0.15) is 10.2 Å². The minimum atomic E-state index is -1.14. The molecule has 3 aliphatic heterocycles. The summed E-state index contributed by atoms with van der Waals surface area (Å²) in [5.74, 6) is -2.42. The molecule has 0 saturated carbocycles. The summed E-state index contributed by atoms with van der Waals surface area (Å²) in [4.78, 5) is 55.1. The number of anilines is 1. The van der Waals surface area contributed by atoms with Crippen LogP contribution in [-0.2, 0) is 14.4 Å². The van der Waals surface area contributed by atoms with E-state index in [1.807, 2.05) is 17.9 Å². The van der Waals surface area contributed by atoms with Crippen molar-refractivity contribution in [3.05, 3.63) is 28.3 Å². The molecule has 0 aliphatic carbocycles. The van der Waals surface area contributed by atoms with Crippen LogP contribution >= 0.6 is 11.6 Å². The van der Waals surface area contributed by atoms with Crippen LogP contribution in [0.1, 0.15) is 31.4 Å². The summed E-state index contributed by atoms with van der Waals surface area (Å²) < 4.78 is -0.380. The second-order valence-electron chi connectivity index (χ2n) is 8.99. The van der Waals surface area contributed by atoms with Crippen molar-refractivity contribution in [2.24, 2.45) is 5.92 Å². The average molecular weight is 475 g/mol. The van der Waals surface area contributed by atoms with Crippen LogP contribution in [0.25, 0.3) is 0 Å². The number of carboxylic acids is 1. The van der Waals surface area contributed by atoms with Crippen LogP contribution in [0.3, 0.4) is 0 Å². The molecule has 10 nitrogen and oxygen atoms in total. The Labute approximate surface area is 195 Å². The van der Waals surface area contributed by atoms with Crippen molar-refractivity contribution in [2.45, 2.75) is 45.3 Å². The topological polar surface area (TPSA) is 131 Å². The first-order valence-electron chi connectivity index (χ1n) is 10.8. The molecule has 4 rings (SSSR count). The monoisotopic (exact) mass is 474 g/mol. The van der Waals surface area contributed by atoms with E-state index in [1.54, 1.807) is 13.8 Å². The third-order valence-corrected chi connectivity index (χ3v) is 7.75. The number of quaternary nitrogens is 1. The molecule has 11 heteroatoms. The second kappa shape index (κ2) is 8.09. The minimum absolute atomic E-state index is 0.165. The lowest BCUT2D eigenvalue weighted by molar-refractivity contribution is -0.853. The molecule has 3 heterocycles. The highest BCUT2D eigenvalue weighted by Crippen LogP contribution is 2.44. The van der Waals surface area contributed by atoms with E-state index in [0.29, 0.717) is 18.5 Å². The van der Waals surface area contributed by atoms with Crippen molar-refractivity contribution < 1.29 is 28.8 Å². The normalized spacial score (nSPS) is 29.5. The molecule has 4 unspecified atom stereocenters. The van der Waals surface area contributed by atoms with Gasteiger partial charge in [0.25, 0.3) is 11.8 Å². The third-order valence-electron chi connectivity index (χ3n) is 7.26. The van der Waals surface area contributed by atoms with Gasteiger partial charge < -0.3 is 10.4 Å². The van der Waals surface area contributed by atoms with Crippen LogP contribution in [0.15, 0.2) is 12.1 Å². The van der Waals surface area contributed by atoms with E-state index in [2.05, 4.69) is 5.32 Å². The van der Waals surface area contributed by atoms with Crippen molar-refractivity contribution in [1.29, 1.82) is 5.26 Å². The highest BCUT2D eigenvalue weighted by molar-refractivity contribution is 6.33. The van der Waals surface area contributed by atoms with Gasteiger partial charge >= 0.3 is 12.0 Å². The molecule has 2 bridgehead atoms. The van der Waals surface area contributed by atoms with Crippen LogP contribution in [0.5, 0.6) is 0 Å². The van der Waals surface area contributed by atoms with E-state index in [1.165, 1.54) is 12.1 Å². The highest BCUT2D eigenvalue weighted by atomic mass is 35.5. The van der Waals surface area contributed by atoms with Gasteiger partial charge in [0.1, 0.15) is 18.8 Å². The summed E-state index contributed by atoms with van der Waals surface area (Å²) in [6.45, 7) is 6.00. The highest BCUT2D eigenvalue weighted by Gasteiger charge is 2.73. The molecule has 2 N–H and O–H groups in total. The summed E-state index contributed by atoms with van der Waals surface area (Å²) in [5, 5.41) is 21.6. The number of urea groups is 1. The molecule has 0 radical (unpaired) electrons. The number of carbonyl (C=O) groups excluding carboxylic acids is 3. The molecule has 6 atom stereocenters. The number of hydrogen-bond donors (Lipinski definition) is 2. The molecular weight excluding hydrogens is 450 g/mol. The fourth-order valence-corrected chi connectivity index (χ4v) is 5.40. The number of nitrogens with zero attached hydrogens (tertiary/aromatic N) is 4. The summed E-state index contributed by atoms with van der Waals surface area (Å²) in [6, 6.07) is 1.66. The van der Waals surface area contributed by atoms with E-state index in [4.69, 9.17) is 11.6 Å². The number of carbonyl (C=O) groups is 4. The number of rotatable bonds is 6. The zero-order valence-corrected chi connectivity index (χ0v) is 19.3. The minimum Gasteiger partial charge on any atom is -0.480 e. The Morgan fingerprint density at radius 3 is 2.67 bits per heavy atom. The van der Waals surface area contributed by atoms with Crippen LogP contribution in [-0.4, -0.2) is 76.2 Å². The third kappa shape index (κ3) is 3.22. The van der Waals surface area contributed by atoms with Crippen molar-refractivity contribution in [3.8, 4) is 6.07 Å². The van der Waals surface area contributed by atoms with Gasteiger partial charge in [-0.1, -0.05) is 31.9 Å².